The Morgan fingerprint density at radius 2 is 1.75 bits per heavy atom. The number of nitro benzene ring substituents is 1. The Morgan fingerprint density at radius 1 is 1.21 bits per heavy atom. The van der Waals surface area contributed by atoms with Crippen LogP contribution in [0.2, 0.25) is 10.0 Å². The number of benzene rings is 1. The maximum absolute atomic E-state index is 11.9. The second-order valence-corrected chi connectivity index (χ2v) is 5.83. The third-order valence-corrected chi connectivity index (χ3v) is 4.12. The summed E-state index contributed by atoms with van der Waals surface area (Å²) in [4.78, 5) is 36.8. The summed E-state index contributed by atoms with van der Waals surface area (Å²) in [6, 6.07) is 2.47. The van der Waals surface area contributed by atoms with Crippen LogP contribution >= 0.6 is 23.2 Å². The van der Waals surface area contributed by atoms with Crippen molar-refractivity contribution in [2.24, 2.45) is 0 Å². The summed E-state index contributed by atoms with van der Waals surface area (Å²) in [6.07, 6.45) is 0. The molecule has 1 amide bonds. The summed E-state index contributed by atoms with van der Waals surface area (Å²) >= 11 is 12.2. The van der Waals surface area contributed by atoms with Crippen LogP contribution in [-0.2, 0) is 14.3 Å². The molecule has 1 saturated heterocycles. The second-order valence-electron chi connectivity index (χ2n) is 5.01. The number of nitro groups is 1. The SMILES string of the molecule is CCOC(=O)C(=O)N1CCN(c2c(Cl)cc([N+](=O)[O-])cc2Cl)CC1. The van der Waals surface area contributed by atoms with E-state index in [1.54, 1.807) is 6.92 Å². The van der Waals surface area contributed by atoms with E-state index in [0.29, 0.717) is 31.9 Å². The Morgan fingerprint density at radius 3 is 2.21 bits per heavy atom. The number of amides is 1. The van der Waals surface area contributed by atoms with E-state index in [4.69, 9.17) is 27.9 Å². The van der Waals surface area contributed by atoms with Crippen molar-refractivity contribution in [2.45, 2.75) is 6.92 Å². The fourth-order valence-corrected chi connectivity index (χ4v) is 3.13. The van der Waals surface area contributed by atoms with E-state index < -0.39 is 16.8 Å². The van der Waals surface area contributed by atoms with Crippen molar-refractivity contribution >= 4 is 46.5 Å². The minimum Gasteiger partial charge on any atom is -0.459 e. The summed E-state index contributed by atoms with van der Waals surface area (Å²) in [5.74, 6) is -1.56. The molecule has 0 bridgehead atoms. The van der Waals surface area contributed by atoms with Crippen LogP contribution in [0.3, 0.4) is 0 Å². The summed E-state index contributed by atoms with van der Waals surface area (Å²) in [5, 5.41) is 11.1. The molecule has 0 radical (unpaired) electrons. The third kappa shape index (κ3) is 3.88. The predicted octanol–water partition coefficient (Wildman–Crippen LogP) is 2.11. The average molecular weight is 376 g/mol. The highest BCUT2D eigenvalue weighted by molar-refractivity contribution is 6.39. The molecule has 0 aromatic heterocycles. The largest absolute Gasteiger partial charge is 0.459 e. The second kappa shape index (κ2) is 7.67. The van der Waals surface area contributed by atoms with Crippen molar-refractivity contribution in [3.05, 3.63) is 32.3 Å². The molecule has 8 nitrogen and oxygen atoms in total. The van der Waals surface area contributed by atoms with Gasteiger partial charge in [0, 0.05) is 38.3 Å². The van der Waals surface area contributed by atoms with Crippen LogP contribution < -0.4 is 4.90 Å². The van der Waals surface area contributed by atoms with Crippen LogP contribution in [-0.4, -0.2) is 54.5 Å². The number of carbonyl (C=O) groups excluding carboxylic acids is 2. The van der Waals surface area contributed by atoms with Gasteiger partial charge in [-0.2, -0.15) is 0 Å². The normalized spacial score (nSPS) is 14.5. The topological polar surface area (TPSA) is 93.0 Å². The molecule has 0 aliphatic carbocycles. The summed E-state index contributed by atoms with van der Waals surface area (Å²) < 4.78 is 4.69. The van der Waals surface area contributed by atoms with E-state index in [1.165, 1.54) is 17.0 Å². The number of hydrogen-bond donors (Lipinski definition) is 0. The number of non-ortho nitro benzene ring substituents is 1. The van der Waals surface area contributed by atoms with Gasteiger partial charge in [0.25, 0.3) is 5.69 Å². The van der Waals surface area contributed by atoms with E-state index in [0.717, 1.165) is 0 Å². The highest BCUT2D eigenvalue weighted by Crippen LogP contribution is 2.37. The molecule has 1 aromatic carbocycles. The average Bonchev–Trinajstić information content (AvgIpc) is 2.54. The molecule has 1 aliphatic heterocycles. The summed E-state index contributed by atoms with van der Waals surface area (Å²) in [5.41, 5.74) is 0.289. The first-order valence-electron chi connectivity index (χ1n) is 7.19. The minimum absolute atomic E-state index is 0.137. The van der Waals surface area contributed by atoms with Gasteiger partial charge in [-0.15, -0.1) is 0 Å². The van der Waals surface area contributed by atoms with Gasteiger partial charge in [0.05, 0.1) is 27.3 Å². The zero-order valence-corrected chi connectivity index (χ0v) is 14.3. The monoisotopic (exact) mass is 375 g/mol. The fraction of sp³-hybridized carbons (Fsp3) is 0.429. The van der Waals surface area contributed by atoms with Gasteiger partial charge in [-0.1, -0.05) is 23.2 Å². The molecule has 1 fully saturated rings. The van der Waals surface area contributed by atoms with Crippen LogP contribution in [0.25, 0.3) is 0 Å². The molecular formula is C14H15Cl2N3O5. The number of esters is 1. The molecule has 130 valence electrons. The number of anilines is 1. The number of nitrogens with zero attached hydrogens (tertiary/aromatic N) is 3. The number of piperazine rings is 1. The van der Waals surface area contributed by atoms with Crippen molar-refractivity contribution in [3.63, 3.8) is 0 Å². The smallest absolute Gasteiger partial charge is 0.397 e. The van der Waals surface area contributed by atoms with Crippen molar-refractivity contribution in [1.29, 1.82) is 0 Å². The van der Waals surface area contributed by atoms with E-state index in [-0.39, 0.29) is 22.3 Å². The van der Waals surface area contributed by atoms with Gasteiger partial charge in [-0.3, -0.25) is 14.9 Å². The van der Waals surface area contributed by atoms with Crippen LogP contribution in [0.4, 0.5) is 11.4 Å². The fourth-order valence-electron chi connectivity index (χ4n) is 2.41. The molecule has 1 heterocycles. The van der Waals surface area contributed by atoms with Gasteiger partial charge in [-0.25, -0.2) is 4.79 Å². The van der Waals surface area contributed by atoms with Gasteiger partial charge in [0.2, 0.25) is 0 Å². The van der Waals surface area contributed by atoms with E-state index in [1.807, 2.05) is 4.90 Å². The first kappa shape index (κ1) is 18.3. The Kier molecular flexibility index (Phi) is 5.84. The zero-order chi connectivity index (χ0) is 17.9. The molecule has 0 atom stereocenters. The first-order chi connectivity index (χ1) is 11.3. The third-order valence-electron chi connectivity index (χ3n) is 3.55. The molecular weight excluding hydrogens is 361 g/mol. The minimum atomic E-state index is -0.877. The highest BCUT2D eigenvalue weighted by Gasteiger charge is 2.29. The predicted molar refractivity (Wildman–Crippen MR) is 88.5 cm³/mol. The van der Waals surface area contributed by atoms with Gasteiger partial charge in [0.15, 0.2) is 0 Å². The van der Waals surface area contributed by atoms with Crippen molar-refractivity contribution in [2.75, 3.05) is 37.7 Å². The maximum atomic E-state index is 11.9. The lowest BCUT2D eigenvalue weighted by Crippen LogP contribution is -2.51. The van der Waals surface area contributed by atoms with Crippen LogP contribution in [0, 0.1) is 10.1 Å². The molecule has 0 unspecified atom stereocenters. The molecule has 0 N–H and O–H groups in total. The molecule has 0 saturated carbocycles. The van der Waals surface area contributed by atoms with Gasteiger partial charge >= 0.3 is 11.9 Å². The van der Waals surface area contributed by atoms with E-state index >= 15 is 0 Å². The maximum Gasteiger partial charge on any atom is 0.397 e. The summed E-state index contributed by atoms with van der Waals surface area (Å²) in [6.45, 7) is 3.13. The van der Waals surface area contributed by atoms with Crippen molar-refractivity contribution < 1.29 is 19.2 Å². The molecule has 2 rings (SSSR count). The van der Waals surface area contributed by atoms with E-state index in [9.17, 15) is 19.7 Å². The number of halogens is 2. The van der Waals surface area contributed by atoms with Gasteiger partial charge in [-0.05, 0) is 6.92 Å². The molecule has 1 aromatic rings. The first-order valence-corrected chi connectivity index (χ1v) is 7.95. The van der Waals surface area contributed by atoms with Crippen molar-refractivity contribution in [3.8, 4) is 0 Å². The van der Waals surface area contributed by atoms with Crippen molar-refractivity contribution in [1.82, 2.24) is 4.90 Å². The van der Waals surface area contributed by atoms with Gasteiger partial charge < -0.3 is 14.5 Å². The Labute approximate surface area is 148 Å². The molecule has 24 heavy (non-hydrogen) atoms. The lowest BCUT2D eigenvalue weighted by molar-refractivity contribution is -0.384. The molecule has 0 spiro atoms. The Balaban J connectivity index is 2.09. The number of ether oxygens (including phenoxy) is 1. The van der Waals surface area contributed by atoms with Crippen LogP contribution in [0.15, 0.2) is 12.1 Å². The Bertz CT molecular complexity index is 651. The zero-order valence-electron chi connectivity index (χ0n) is 12.8. The summed E-state index contributed by atoms with van der Waals surface area (Å²) in [7, 11) is 0. The van der Waals surface area contributed by atoms with E-state index in [2.05, 4.69) is 0 Å². The quantitative estimate of drug-likeness (QED) is 0.347. The number of hydrogen-bond acceptors (Lipinski definition) is 6. The number of carbonyl (C=O) groups is 2. The Hall–Kier alpha value is -2.06. The highest BCUT2D eigenvalue weighted by atomic mass is 35.5. The van der Waals surface area contributed by atoms with Crippen LogP contribution in [0.5, 0.6) is 0 Å². The van der Waals surface area contributed by atoms with Gasteiger partial charge in [0.1, 0.15) is 0 Å². The molecule has 1 aliphatic rings. The standard InChI is InChI=1S/C14H15Cl2N3O5/c1-2-24-14(21)13(20)18-5-3-17(4-6-18)12-10(15)7-9(19(22)23)8-11(12)16/h7-8H,2-6H2,1H3. The lowest BCUT2D eigenvalue weighted by Gasteiger charge is -2.36. The molecule has 10 heteroatoms. The number of rotatable bonds is 3. The lowest BCUT2D eigenvalue weighted by atomic mass is 10.2. The van der Waals surface area contributed by atoms with Crippen LogP contribution in [0.1, 0.15) is 6.92 Å².